The lowest BCUT2D eigenvalue weighted by Crippen LogP contribution is -2.12. The van der Waals surface area contributed by atoms with Crippen molar-refractivity contribution < 1.29 is 18.7 Å². The maximum Gasteiger partial charge on any atom is 0.305 e. The first-order chi connectivity index (χ1) is 10.6. The van der Waals surface area contributed by atoms with Crippen LogP contribution >= 0.6 is 0 Å². The zero-order chi connectivity index (χ0) is 16.4. The molecule has 0 atom stereocenters. The minimum Gasteiger partial charge on any atom is -0.469 e. The zero-order valence-corrected chi connectivity index (χ0v) is 12.5. The average Bonchev–Trinajstić information content (AvgIpc) is 2.50. The van der Waals surface area contributed by atoms with Crippen molar-refractivity contribution in [1.82, 2.24) is 0 Å². The minimum atomic E-state index is -0.650. The summed E-state index contributed by atoms with van der Waals surface area (Å²) in [6.45, 7) is 0. The second kappa shape index (κ2) is 9.50. The van der Waals surface area contributed by atoms with Crippen LogP contribution in [0.3, 0.4) is 0 Å². The lowest BCUT2D eigenvalue weighted by Gasteiger charge is -2.07. The van der Waals surface area contributed by atoms with Crippen LogP contribution in [0, 0.1) is 17.1 Å². The summed E-state index contributed by atoms with van der Waals surface area (Å²) in [4.78, 5) is 22.7. The normalized spacial score (nSPS) is 9.86. The molecule has 0 heterocycles. The predicted octanol–water partition coefficient (Wildman–Crippen LogP) is 3.15. The first-order valence-corrected chi connectivity index (χ1v) is 7.13. The van der Waals surface area contributed by atoms with Crippen molar-refractivity contribution >= 4 is 17.6 Å². The third kappa shape index (κ3) is 5.92. The Morgan fingerprint density at radius 1 is 1.23 bits per heavy atom. The van der Waals surface area contributed by atoms with Crippen molar-refractivity contribution in [3.63, 3.8) is 0 Å². The fraction of sp³-hybridized carbons (Fsp3) is 0.438. The molecule has 0 aliphatic heterocycles. The van der Waals surface area contributed by atoms with Gasteiger partial charge in [0.05, 0.1) is 12.8 Å². The summed E-state index contributed by atoms with van der Waals surface area (Å²) >= 11 is 0. The molecular formula is C16H19FN2O3. The molecule has 1 N–H and O–H groups in total. The van der Waals surface area contributed by atoms with Crippen molar-refractivity contribution in [3.05, 3.63) is 29.6 Å². The van der Waals surface area contributed by atoms with Gasteiger partial charge in [-0.15, -0.1) is 0 Å². The summed E-state index contributed by atoms with van der Waals surface area (Å²) < 4.78 is 17.9. The highest BCUT2D eigenvalue weighted by molar-refractivity contribution is 5.92. The van der Waals surface area contributed by atoms with Gasteiger partial charge in [-0.3, -0.25) is 9.59 Å². The van der Waals surface area contributed by atoms with E-state index in [9.17, 15) is 14.0 Å². The summed E-state index contributed by atoms with van der Waals surface area (Å²) in [5, 5.41) is 11.4. The van der Waals surface area contributed by atoms with Gasteiger partial charge in [-0.1, -0.05) is 18.9 Å². The number of halogens is 1. The quantitative estimate of drug-likeness (QED) is 0.591. The van der Waals surface area contributed by atoms with Crippen LogP contribution in [0.5, 0.6) is 0 Å². The van der Waals surface area contributed by atoms with Crippen molar-refractivity contribution in [2.24, 2.45) is 0 Å². The molecule has 6 heteroatoms. The van der Waals surface area contributed by atoms with Crippen molar-refractivity contribution in [3.8, 4) is 6.07 Å². The van der Waals surface area contributed by atoms with Gasteiger partial charge in [0, 0.05) is 12.8 Å². The number of hydrogen-bond acceptors (Lipinski definition) is 4. The molecule has 0 radical (unpaired) electrons. The number of carbonyl (C=O) groups excluding carboxylic acids is 2. The summed E-state index contributed by atoms with van der Waals surface area (Å²) in [7, 11) is 1.36. The van der Waals surface area contributed by atoms with Crippen molar-refractivity contribution in [2.45, 2.75) is 38.5 Å². The van der Waals surface area contributed by atoms with Gasteiger partial charge in [0.2, 0.25) is 5.91 Å². The lowest BCUT2D eigenvalue weighted by molar-refractivity contribution is -0.140. The molecule has 0 bridgehead atoms. The summed E-state index contributed by atoms with van der Waals surface area (Å²) in [6, 6.07) is 5.85. The third-order valence-corrected chi connectivity index (χ3v) is 3.16. The molecule has 0 aromatic heterocycles. The Balaban J connectivity index is 2.29. The standard InChI is InChI=1S/C16H19FN2O3/c1-22-16(21)10-5-3-2-4-9-15(20)19-14-8-6-7-13(17)12(14)11-18/h6-8H,2-5,9-10H2,1H3,(H,19,20). The second-order valence-corrected chi connectivity index (χ2v) is 4.81. The molecule has 118 valence electrons. The molecule has 0 saturated heterocycles. The number of rotatable bonds is 8. The van der Waals surface area contributed by atoms with Crippen LogP contribution in [0.25, 0.3) is 0 Å². The Hall–Kier alpha value is -2.42. The molecule has 0 fully saturated rings. The summed E-state index contributed by atoms with van der Waals surface area (Å²) in [5.74, 6) is -1.13. The van der Waals surface area contributed by atoms with E-state index in [2.05, 4.69) is 10.1 Å². The van der Waals surface area contributed by atoms with Gasteiger partial charge in [0.15, 0.2) is 0 Å². The van der Waals surface area contributed by atoms with Crippen LogP contribution in [0.15, 0.2) is 18.2 Å². The van der Waals surface area contributed by atoms with Crippen LogP contribution < -0.4 is 5.32 Å². The van der Waals surface area contributed by atoms with Crippen molar-refractivity contribution in [2.75, 3.05) is 12.4 Å². The van der Waals surface area contributed by atoms with E-state index in [1.807, 2.05) is 0 Å². The molecule has 0 aliphatic rings. The Bertz CT molecular complexity index is 567. The second-order valence-electron chi connectivity index (χ2n) is 4.81. The number of hydrogen-bond donors (Lipinski definition) is 1. The van der Waals surface area contributed by atoms with Crippen LogP contribution in [0.1, 0.15) is 44.1 Å². The molecule has 1 aromatic carbocycles. The van der Waals surface area contributed by atoms with Gasteiger partial charge in [0.1, 0.15) is 17.4 Å². The SMILES string of the molecule is COC(=O)CCCCCCC(=O)Nc1cccc(F)c1C#N. The molecule has 0 aliphatic carbocycles. The van der Waals surface area contributed by atoms with Crippen molar-refractivity contribution in [1.29, 1.82) is 5.26 Å². The fourth-order valence-corrected chi connectivity index (χ4v) is 1.97. The first kappa shape index (κ1) is 17.6. The van der Waals surface area contributed by atoms with E-state index >= 15 is 0 Å². The van der Waals surface area contributed by atoms with Crippen LogP contribution in [-0.2, 0) is 14.3 Å². The predicted molar refractivity (Wildman–Crippen MR) is 79.5 cm³/mol. The van der Waals surface area contributed by atoms with E-state index in [1.165, 1.54) is 25.3 Å². The zero-order valence-electron chi connectivity index (χ0n) is 12.5. The fourth-order valence-electron chi connectivity index (χ4n) is 1.97. The molecule has 1 rings (SSSR count). The number of nitriles is 1. The summed E-state index contributed by atoms with van der Waals surface area (Å²) in [6.07, 6.45) is 3.74. The highest BCUT2D eigenvalue weighted by Crippen LogP contribution is 2.18. The van der Waals surface area contributed by atoms with Gasteiger partial charge < -0.3 is 10.1 Å². The van der Waals surface area contributed by atoms with E-state index in [-0.39, 0.29) is 23.1 Å². The molecule has 1 aromatic rings. The number of carbonyl (C=O) groups is 2. The van der Waals surface area contributed by atoms with E-state index in [0.29, 0.717) is 19.3 Å². The number of amides is 1. The van der Waals surface area contributed by atoms with Crippen LogP contribution in [0.4, 0.5) is 10.1 Å². The number of unbranched alkanes of at least 4 members (excludes halogenated alkanes) is 3. The largest absolute Gasteiger partial charge is 0.469 e. The van der Waals surface area contributed by atoms with E-state index in [4.69, 9.17) is 5.26 Å². The number of nitrogens with one attached hydrogen (secondary N) is 1. The Labute approximate surface area is 129 Å². The number of nitrogens with zero attached hydrogens (tertiary/aromatic N) is 1. The van der Waals surface area contributed by atoms with Gasteiger partial charge in [0.25, 0.3) is 0 Å². The molecule has 0 unspecified atom stereocenters. The van der Waals surface area contributed by atoms with E-state index in [0.717, 1.165) is 19.3 Å². The molecule has 0 spiro atoms. The Morgan fingerprint density at radius 2 is 1.91 bits per heavy atom. The van der Waals surface area contributed by atoms with Crippen LogP contribution in [0.2, 0.25) is 0 Å². The molecule has 1 amide bonds. The monoisotopic (exact) mass is 306 g/mol. The average molecular weight is 306 g/mol. The van der Waals surface area contributed by atoms with Gasteiger partial charge >= 0.3 is 5.97 Å². The van der Waals surface area contributed by atoms with E-state index in [1.54, 1.807) is 6.07 Å². The highest BCUT2D eigenvalue weighted by atomic mass is 19.1. The number of benzene rings is 1. The first-order valence-electron chi connectivity index (χ1n) is 7.13. The summed E-state index contributed by atoms with van der Waals surface area (Å²) in [5.41, 5.74) is 0.0344. The van der Waals surface area contributed by atoms with Crippen LogP contribution in [-0.4, -0.2) is 19.0 Å². The number of anilines is 1. The number of ether oxygens (including phenoxy) is 1. The number of esters is 1. The smallest absolute Gasteiger partial charge is 0.305 e. The topological polar surface area (TPSA) is 79.2 Å². The van der Waals surface area contributed by atoms with Gasteiger partial charge in [-0.2, -0.15) is 5.26 Å². The minimum absolute atomic E-state index is 0.158. The lowest BCUT2D eigenvalue weighted by atomic mass is 10.1. The molecule has 0 saturated carbocycles. The van der Waals surface area contributed by atoms with Gasteiger partial charge in [-0.05, 0) is 25.0 Å². The highest BCUT2D eigenvalue weighted by Gasteiger charge is 2.10. The van der Waals surface area contributed by atoms with E-state index < -0.39 is 5.82 Å². The third-order valence-electron chi connectivity index (χ3n) is 3.16. The number of methoxy groups -OCH3 is 1. The molecule has 22 heavy (non-hydrogen) atoms. The molecule has 5 nitrogen and oxygen atoms in total. The maximum absolute atomic E-state index is 13.4. The van der Waals surface area contributed by atoms with Gasteiger partial charge in [-0.25, -0.2) is 4.39 Å². The Kier molecular flexibility index (Phi) is 7.62. The molecular weight excluding hydrogens is 287 g/mol. The maximum atomic E-state index is 13.4. The Morgan fingerprint density at radius 3 is 2.55 bits per heavy atom.